The van der Waals surface area contributed by atoms with Crippen molar-refractivity contribution >= 4 is 28.3 Å². The Kier molecular flexibility index (Phi) is 6.72. The molecule has 0 bridgehead atoms. The van der Waals surface area contributed by atoms with E-state index in [1.54, 1.807) is 25.1 Å². The number of nitrogen functional groups attached to an aromatic ring is 1. The Balaban J connectivity index is 2.02. The molecule has 3 aromatic rings. The van der Waals surface area contributed by atoms with Gasteiger partial charge in [-0.15, -0.1) is 0 Å². The quantitative estimate of drug-likeness (QED) is 0.438. The average Bonchev–Trinajstić information content (AvgIpc) is 2.72. The molecule has 0 spiro atoms. The second kappa shape index (κ2) is 9.44. The number of anilines is 1. The Morgan fingerprint density at radius 1 is 1.00 bits per heavy atom. The summed E-state index contributed by atoms with van der Waals surface area (Å²) >= 11 is 0. The molecule has 0 aliphatic heterocycles. The molecule has 0 aliphatic rings. The number of rotatable bonds is 7. The molecule has 0 saturated carbocycles. The molecule has 3 aromatic carbocycles. The molecular weight excluding hydrogens is 376 g/mol. The van der Waals surface area contributed by atoms with Crippen LogP contribution in [0.4, 0.5) is 5.69 Å². The van der Waals surface area contributed by atoms with Crippen molar-refractivity contribution in [1.29, 1.82) is 0 Å². The maximum atomic E-state index is 13.2. The first-order chi connectivity index (χ1) is 14.4. The van der Waals surface area contributed by atoms with Crippen molar-refractivity contribution in [2.24, 2.45) is 5.92 Å². The van der Waals surface area contributed by atoms with Gasteiger partial charge in [-0.2, -0.15) is 0 Å². The predicted molar refractivity (Wildman–Crippen MR) is 121 cm³/mol. The Morgan fingerprint density at radius 2 is 1.73 bits per heavy atom. The number of nitrogens with one attached hydrogen (secondary N) is 1. The maximum absolute atomic E-state index is 13.2. The first-order valence-electron chi connectivity index (χ1n) is 10.3. The van der Waals surface area contributed by atoms with Crippen LogP contribution in [0.25, 0.3) is 21.9 Å². The summed E-state index contributed by atoms with van der Waals surface area (Å²) < 4.78 is 5.16. The zero-order chi connectivity index (χ0) is 21.7. The number of nitrogens with two attached hydrogens (primary N) is 1. The van der Waals surface area contributed by atoms with Crippen molar-refractivity contribution < 1.29 is 14.3 Å². The van der Waals surface area contributed by atoms with Gasteiger partial charge in [-0.1, -0.05) is 56.3 Å². The minimum absolute atomic E-state index is 0.226. The molecule has 1 atom stereocenters. The fourth-order valence-electron chi connectivity index (χ4n) is 3.61. The van der Waals surface area contributed by atoms with Crippen LogP contribution in [-0.4, -0.2) is 24.5 Å². The monoisotopic (exact) mass is 404 g/mol. The molecule has 0 radical (unpaired) electrons. The van der Waals surface area contributed by atoms with Gasteiger partial charge in [0.15, 0.2) is 0 Å². The van der Waals surface area contributed by atoms with Crippen LogP contribution in [0.15, 0.2) is 60.7 Å². The van der Waals surface area contributed by atoms with Gasteiger partial charge in [0.1, 0.15) is 6.04 Å². The molecule has 0 aromatic heterocycles. The van der Waals surface area contributed by atoms with Gasteiger partial charge in [-0.3, -0.25) is 4.79 Å². The number of benzene rings is 3. The molecule has 0 aliphatic carbocycles. The van der Waals surface area contributed by atoms with Crippen molar-refractivity contribution in [2.75, 3.05) is 12.3 Å². The first kappa shape index (κ1) is 21.4. The van der Waals surface area contributed by atoms with E-state index in [1.165, 1.54) is 0 Å². The third-order valence-corrected chi connectivity index (χ3v) is 4.95. The maximum Gasteiger partial charge on any atom is 0.328 e. The van der Waals surface area contributed by atoms with Crippen molar-refractivity contribution in [3.63, 3.8) is 0 Å². The number of fused-ring (bicyclic) bond motifs is 1. The summed E-state index contributed by atoms with van der Waals surface area (Å²) in [5.41, 5.74) is 8.75. The Morgan fingerprint density at radius 3 is 2.47 bits per heavy atom. The van der Waals surface area contributed by atoms with Crippen LogP contribution >= 0.6 is 0 Å². The minimum Gasteiger partial charge on any atom is -0.464 e. The lowest BCUT2D eigenvalue weighted by Crippen LogP contribution is -2.42. The molecule has 3 N–H and O–H groups in total. The molecule has 156 valence electrons. The molecule has 3 rings (SSSR count). The highest BCUT2D eigenvalue weighted by Crippen LogP contribution is 2.32. The van der Waals surface area contributed by atoms with Crippen molar-refractivity contribution in [2.45, 2.75) is 33.2 Å². The van der Waals surface area contributed by atoms with E-state index in [0.717, 1.165) is 21.9 Å². The fourth-order valence-corrected chi connectivity index (χ4v) is 3.61. The summed E-state index contributed by atoms with van der Waals surface area (Å²) in [6.45, 7) is 6.03. The summed E-state index contributed by atoms with van der Waals surface area (Å²) in [5.74, 6) is -0.512. The molecular formula is C25H28N2O3. The van der Waals surface area contributed by atoms with Crippen LogP contribution in [0.3, 0.4) is 0 Å². The normalized spacial score (nSPS) is 12.0. The highest BCUT2D eigenvalue weighted by Gasteiger charge is 2.25. The lowest BCUT2D eigenvalue weighted by Gasteiger charge is -2.20. The van der Waals surface area contributed by atoms with Crippen LogP contribution in [-0.2, 0) is 9.53 Å². The topological polar surface area (TPSA) is 81.4 Å². The van der Waals surface area contributed by atoms with Crippen LogP contribution in [0.1, 0.15) is 37.6 Å². The third kappa shape index (κ3) is 4.79. The van der Waals surface area contributed by atoms with Crippen molar-refractivity contribution in [1.82, 2.24) is 5.32 Å². The molecule has 5 nitrogen and oxygen atoms in total. The van der Waals surface area contributed by atoms with Crippen LogP contribution in [0.2, 0.25) is 0 Å². The third-order valence-electron chi connectivity index (χ3n) is 4.95. The average molecular weight is 405 g/mol. The number of hydrogen-bond acceptors (Lipinski definition) is 4. The SMILES string of the molecule is CCOC(=O)[C@H](CC(C)C)NC(=O)c1ccc(N)cc1-c1cccc2ccccc12. The van der Waals surface area contributed by atoms with Gasteiger partial charge in [-0.25, -0.2) is 4.79 Å². The molecule has 0 heterocycles. The lowest BCUT2D eigenvalue weighted by atomic mass is 9.93. The van der Waals surface area contributed by atoms with E-state index in [4.69, 9.17) is 10.5 Å². The van der Waals surface area contributed by atoms with E-state index in [9.17, 15) is 9.59 Å². The van der Waals surface area contributed by atoms with Gasteiger partial charge in [0.2, 0.25) is 0 Å². The van der Waals surface area contributed by atoms with Gasteiger partial charge in [0.05, 0.1) is 6.61 Å². The highest BCUT2D eigenvalue weighted by atomic mass is 16.5. The van der Waals surface area contributed by atoms with E-state index in [2.05, 4.69) is 5.32 Å². The second-order valence-electron chi connectivity index (χ2n) is 7.74. The summed E-state index contributed by atoms with van der Waals surface area (Å²) in [6, 6.07) is 18.5. The number of hydrogen-bond donors (Lipinski definition) is 2. The number of carbonyl (C=O) groups is 2. The van der Waals surface area contributed by atoms with Gasteiger partial charge in [0.25, 0.3) is 5.91 Å². The lowest BCUT2D eigenvalue weighted by molar-refractivity contribution is -0.145. The molecule has 1 amide bonds. The standard InChI is InChI=1S/C25H28N2O3/c1-4-30-25(29)23(14-16(2)3)27-24(28)21-13-12-18(26)15-22(21)20-11-7-9-17-8-5-6-10-19(17)20/h5-13,15-16,23H,4,14,26H2,1-3H3,(H,27,28)/t23-/m0/s1. The van der Waals surface area contributed by atoms with Crippen LogP contribution in [0.5, 0.6) is 0 Å². The fraction of sp³-hybridized carbons (Fsp3) is 0.280. The Hall–Kier alpha value is -3.34. The van der Waals surface area contributed by atoms with Crippen molar-refractivity contribution in [3.05, 3.63) is 66.2 Å². The van der Waals surface area contributed by atoms with Gasteiger partial charge in [-0.05, 0) is 59.4 Å². The van der Waals surface area contributed by atoms with E-state index in [-0.39, 0.29) is 18.4 Å². The molecule has 0 saturated heterocycles. The summed E-state index contributed by atoms with van der Waals surface area (Å²) in [4.78, 5) is 25.6. The number of carbonyl (C=O) groups excluding carboxylic acids is 2. The number of esters is 1. The van der Waals surface area contributed by atoms with Gasteiger partial charge >= 0.3 is 5.97 Å². The molecule has 30 heavy (non-hydrogen) atoms. The van der Waals surface area contributed by atoms with E-state index >= 15 is 0 Å². The Labute approximate surface area is 177 Å². The van der Waals surface area contributed by atoms with E-state index < -0.39 is 12.0 Å². The molecule has 5 heteroatoms. The number of ether oxygens (including phenoxy) is 1. The van der Waals surface area contributed by atoms with Gasteiger partial charge < -0.3 is 15.8 Å². The zero-order valence-corrected chi connectivity index (χ0v) is 17.6. The van der Waals surface area contributed by atoms with Crippen molar-refractivity contribution in [3.8, 4) is 11.1 Å². The highest BCUT2D eigenvalue weighted by molar-refractivity contribution is 6.07. The summed E-state index contributed by atoms with van der Waals surface area (Å²) in [6.07, 6.45) is 0.503. The molecule has 0 fully saturated rings. The first-order valence-corrected chi connectivity index (χ1v) is 10.3. The molecule has 0 unspecified atom stereocenters. The van der Waals surface area contributed by atoms with Gasteiger partial charge in [0, 0.05) is 11.3 Å². The second-order valence-corrected chi connectivity index (χ2v) is 7.74. The van der Waals surface area contributed by atoms with Crippen LogP contribution in [0, 0.1) is 5.92 Å². The number of amides is 1. The van der Waals surface area contributed by atoms with E-state index in [0.29, 0.717) is 17.7 Å². The minimum atomic E-state index is -0.699. The largest absolute Gasteiger partial charge is 0.464 e. The van der Waals surface area contributed by atoms with Crippen LogP contribution < -0.4 is 11.1 Å². The summed E-state index contributed by atoms with van der Waals surface area (Å²) in [7, 11) is 0. The smallest absolute Gasteiger partial charge is 0.328 e. The zero-order valence-electron chi connectivity index (χ0n) is 17.6. The predicted octanol–water partition coefficient (Wildman–Crippen LogP) is 4.80. The summed E-state index contributed by atoms with van der Waals surface area (Å²) in [5, 5.41) is 4.98. The Bertz CT molecular complexity index is 1050. The van der Waals surface area contributed by atoms with E-state index in [1.807, 2.05) is 56.3 Å².